The molecule has 8 nitrogen and oxygen atoms in total. The summed E-state index contributed by atoms with van der Waals surface area (Å²) in [5, 5.41) is 15.0. The molecule has 0 aliphatic heterocycles. The third-order valence-electron chi connectivity index (χ3n) is 5.99. The molecule has 0 aliphatic carbocycles. The second kappa shape index (κ2) is 12.1. The molecule has 0 fully saturated rings. The Kier molecular flexibility index (Phi) is 8.66. The molecule has 0 bridgehead atoms. The first-order valence-electron chi connectivity index (χ1n) is 12.4. The van der Waals surface area contributed by atoms with Crippen molar-refractivity contribution < 1.29 is 19.4 Å². The molecule has 0 aliphatic rings. The number of rotatable bonds is 10. The molecule has 4 rings (SSSR count). The summed E-state index contributed by atoms with van der Waals surface area (Å²) in [6.45, 7) is 5.35. The number of ether oxygens (including phenoxy) is 1. The van der Waals surface area contributed by atoms with Crippen molar-refractivity contribution in [3.63, 3.8) is 0 Å². The summed E-state index contributed by atoms with van der Waals surface area (Å²) in [6.07, 6.45) is 4.38. The molecule has 0 unspecified atom stereocenters. The lowest BCUT2D eigenvalue weighted by molar-refractivity contribution is -0.123. The van der Waals surface area contributed by atoms with Crippen LogP contribution in [0, 0.1) is 6.92 Å². The van der Waals surface area contributed by atoms with Gasteiger partial charge >= 0.3 is 0 Å². The Morgan fingerprint density at radius 1 is 1.13 bits per heavy atom. The van der Waals surface area contributed by atoms with Crippen LogP contribution >= 0.6 is 11.6 Å². The fourth-order valence-corrected chi connectivity index (χ4v) is 4.34. The van der Waals surface area contributed by atoms with E-state index in [9.17, 15) is 9.59 Å². The van der Waals surface area contributed by atoms with Crippen LogP contribution in [-0.2, 0) is 11.2 Å². The molecule has 2 aromatic heterocycles. The Morgan fingerprint density at radius 3 is 2.55 bits per heavy atom. The summed E-state index contributed by atoms with van der Waals surface area (Å²) in [6, 6.07) is 16.4. The van der Waals surface area contributed by atoms with Gasteiger partial charge in [-0.15, -0.1) is 0 Å². The minimum atomic E-state index is -0.624. The van der Waals surface area contributed by atoms with Crippen molar-refractivity contribution in [3.05, 3.63) is 88.7 Å². The number of hydrogen-bond acceptors (Lipinski definition) is 5. The number of nitrogens with one attached hydrogen (secondary N) is 2. The van der Waals surface area contributed by atoms with E-state index in [2.05, 4.69) is 10.6 Å². The van der Waals surface area contributed by atoms with Crippen LogP contribution in [0.1, 0.15) is 35.3 Å². The molecule has 2 heterocycles. The standard InChI is InChI=1S/C29H31ClN4O4/c1-18(2)38-26-11-10-22(14-24(26)30)29(37)32-23(15-31-27(36)17-35)13-20-6-8-21(9-7-20)25-16-34-12-4-5-19(3)28(34)33-25/h4-12,14,16,18,23,35H,13,15,17H2,1-3H3,(H,31,36)(H,32,37)/t23-/m0/s1. The molecule has 4 aromatic rings. The smallest absolute Gasteiger partial charge is 0.251 e. The predicted octanol–water partition coefficient (Wildman–Crippen LogP) is 4.20. The normalized spacial score (nSPS) is 11.9. The van der Waals surface area contributed by atoms with Gasteiger partial charge in [0, 0.05) is 30.1 Å². The van der Waals surface area contributed by atoms with Crippen molar-refractivity contribution in [3.8, 4) is 17.0 Å². The van der Waals surface area contributed by atoms with Crippen molar-refractivity contribution in [2.24, 2.45) is 0 Å². The SMILES string of the molecule is Cc1cccn2cc(-c3ccc(C[C@@H](CNC(=O)CO)NC(=O)c4ccc(OC(C)C)c(Cl)c4)cc3)nc12. The van der Waals surface area contributed by atoms with E-state index in [4.69, 9.17) is 26.4 Å². The zero-order chi connectivity index (χ0) is 27.2. The van der Waals surface area contributed by atoms with Gasteiger partial charge in [-0.05, 0) is 62.6 Å². The second-order valence-corrected chi connectivity index (χ2v) is 9.80. The number of aromatic nitrogens is 2. The molecule has 0 saturated heterocycles. The summed E-state index contributed by atoms with van der Waals surface area (Å²) >= 11 is 6.31. The van der Waals surface area contributed by atoms with Crippen molar-refractivity contribution >= 4 is 29.1 Å². The lowest BCUT2D eigenvalue weighted by Gasteiger charge is -2.20. The number of halogens is 1. The number of benzene rings is 2. The first kappa shape index (κ1) is 27.2. The first-order valence-corrected chi connectivity index (χ1v) is 12.8. The van der Waals surface area contributed by atoms with Crippen LogP contribution in [0.5, 0.6) is 5.75 Å². The number of nitrogens with zero attached hydrogens (tertiary/aromatic N) is 2. The van der Waals surface area contributed by atoms with E-state index in [0.717, 1.165) is 28.0 Å². The Bertz CT molecular complexity index is 1430. The van der Waals surface area contributed by atoms with Crippen LogP contribution < -0.4 is 15.4 Å². The van der Waals surface area contributed by atoms with Gasteiger partial charge in [0.05, 0.1) is 22.9 Å². The van der Waals surface area contributed by atoms with Crippen molar-refractivity contribution in [2.75, 3.05) is 13.2 Å². The number of amides is 2. The van der Waals surface area contributed by atoms with Gasteiger partial charge in [0.2, 0.25) is 5.91 Å². The number of pyridine rings is 1. The molecule has 38 heavy (non-hydrogen) atoms. The lowest BCUT2D eigenvalue weighted by atomic mass is 10.0. The first-order chi connectivity index (χ1) is 18.2. The van der Waals surface area contributed by atoms with Gasteiger partial charge in [0.1, 0.15) is 18.0 Å². The molecule has 0 saturated carbocycles. The molecule has 3 N–H and O–H groups in total. The van der Waals surface area contributed by atoms with Gasteiger partial charge in [-0.1, -0.05) is 41.9 Å². The number of carbonyl (C=O) groups excluding carboxylic acids is 2. The summed E-state index contributed by atoms with van der Waals surface area (Å²) < 4.78 is 7.64. The minimum absolute atomic E-state index is 0.0464. The highest BCUT2D eigenvalue weighted by Crippen LogP contribution is 2.26. The van der Waals surface area contributed by atoms with Crippen LogP contribution in [0.2, 0.25) is 5.02 Å². The number of imidazole rings is 1. The van der Waals surface area contributed by atoms with E-state index < -0.39 is 18.6 Å². The summed E-state index contributed by atoms with van der Waals surface area (Å²) in [7, 11) is 0. The molecule has 198 valence electrons. The summed E-state index contributed by atoms with van der Waals surface area (Å²) in [5.74, 6) is -0.339. The maximum Gasteiger partial charge on any atom is 0.251 e. The summed E-state index contributed by atoms with van der Waals surface area (Å²) in [4.78, 5) is 29.4. The highest BCUT2D eigenvalue weighted by Gasteiger charge is 2.17. The Morgan fingerprint density at radius 2 is 1.89 bits per heavy atom. The Balaban J connectivity index is 1.48. The van der Waals surface area contributed by atoms with E-state index in [-0.39, 0.29) is 18.6 Å². The quantitative estimate of drug-likeness (QED) is 0.283. The van der Waals surface area contributed by atoms with E-state index in [1.165, 1.54) is 0 Å². The number of fused-ring (bicyclic) bond motifs is 1. The number of aliphatic hydroxyl groups is 1. The second-order valence-electron chi connectivity index (χ2n) is 9.39. The Hall–Kier alpha value is -3.88. The maximum atomic E-state index is 13.0. The van der Waals surface area contributed by atoms with Crippen LogP contribution in [0.4, 0.5) is 0 Å². The predicted molar refractivity (Wildman–Crippen MR) is 148 cm³/mol. The molecular formula is C29H31ClN4O4. The highest BCUT2D eigenvalue weighted by molar-refractivity contribution is 6.32. The maximum absolute atomic E-state index is 13.0. The number of carbonyl (C=O) groups is 2. The van der Waals surface area contributed by atoms with Gasteiger partial charge in [0.15, 0.2) is 0 Å². The third-order valence-corrected chi connectivity index (χ3v) is 6.29. The number of hydrogen-bond donors (Lipinski definition) is 3. The fraction of sp³-hybridized carbons (Fsp3) is 0.276. The van der Waals surface area contributed by atoms with Gasteiger partial charge in [-0.25, -0.2) is 4.98 Å². The summed E-state index contributed by atoms with van der Waals surface area (Å²) in [5.41, 5.74) is 5.20. The molecule has 0 radical (unpaired) electrons. The number of aryl methyl sites for hydroxylation is 1. The van der Waals surface area contributed by atoms with Crippen LogP contribution in [0.25, 0.3) is 16.9 Å². The molecule has 2 amide bonds. The van der Waals surface area contributed by atoms with E-state index in [0.29, 0.717) is 22.8 Å². The highest BCUT2D eigenvalue weighted by atomic mass is 35.5. The average Bonchev–Trinajstić information content (AvgIpc) is 3.34. The van der Waals surface area contributed by atoms with E-state index in [1.54, 1.807) is 18.2 Å². The zero-order valence-corrected chi connectivity index (χ0v) is 22.3. The van der Waals surface area contributed by atoms with Crippen LogP contribution in [0.15, 0.2) is 67.0 Å². The Labute approximate surface area is 226 Å². The van der Waals surface area contributed by atoms with E-state index >= 15 is 0 Å². The van der Waals surface area contributed by atoms with Crippen molar-refractivity contribution in [1.29, 1.82) is 0 Å². The van der Waals surface area contributed by atoms with Gasteiger partial charge < -0.3 is 24.9 Å². The molecule has 0 spiro atoms. The molecule has 2 aromatic carbocycles. The topological polar surface area (TPSA) is 105 Å². The molecule has 9 heteroatoms. The van der Waals surface area contributed by atoms with Gasteiger partial charge in [-0.3, -0.25) is 9.59 Å². The zero-order valence-electron chi connectivity index (χ0n) is 21.6. The van der Waals surface area contributed by atoms with Crippen LogP contribution in [0.3, 0.4) is 0 Å². The van der Waals surface area contributed by atoms with Gasteiger partial charge in [-0.2, -0.15) is 0 Å². The minimum Gasteiger partial charge on any atom is -0.489 e. The monoisotopic (exact) mass is 534 g/mol. The fourth-order valence-electron chi connectivity index (χ4n) is 4.12. The van der Waals surface area contributed by atoms with E-state index in [1.807, 2.05) is 74.0 Å². The number of aliphatic hydroxyl groups excluding tert-OH is 1. The van der Waals surface area contributed by atoms with Crippen molar-refractivity contribution in [2.45, 2.75) is 39.3 Å². The van der Waals surface area contributed by atoms with Crippen LogP contribution in [-0.4, -0.2) is 51.6 Å². The molecular weight excluding hydrogens is 504 g/mol. The molecule has 1 atom stereocenters. The average molecular weight is 535 g/mol. The van der Waals surface area contributed by atoms with Gasteiger partial charge in [0.25, 0.3) is 5.91 Å². The van der Waals surface area contributed by atoms with Crippen molar-refractivity contribution in [1.82, 2.24) is 20.0 Å². The third kappa shape index (κ3) is 6.70. The lowest BCUT2D eigenvalue weighted by Crippen LogP contribution is -2.45. The largest absolute Gasteiger partial charge is 0.489 e.